The molecule has 5 heterocycles. The molecule has 0 saturated heterocycles. The van der Waals surface area contributed by atoms with Gasteiger partial charge >= 0.3 is 12.1 Å². The highest BCUT2D eigenvalue weighted by Gasteiger charge is 2.44. The molecule has 0 spiro atoms. The maximum Gasteiger partial charge on any atom is 0.407 e. The van der Waals surface area contributed by atoms with Crippen molar-refractivity contribution in [1.29, 1.82) is 0 Å². The van der Waals surface area contributed by atoms with Crippen molar-refractivity contribution in [2.75, 3.05) is 50.9 Å². The number of nitrogens with two attached hydrogens (primary N) is 1. The van der Waals surface area contributed by atoms with Gasteiger partial charge in [-0.2, -0.15) is 0 Å². The summed E-state index contributed by atoms with van der Waals surface area (Å²) in [6, 6.07) is 38.0. The zero-order chi connectivity index (χ0) is 69.6. The van der Waals surface area contributed by atoms with Gasteiger partial charge in [-0.1, -0.05) is 118 Å². The van der Waals surface area contributed by atoms with Crippen LogP contribution in [0.3, 0.4) is 0 Å². The molecule has 99 heavy (non-hydrogen) atoms. The largest absolute Gasteiger partial charge is 0.493 e. The Morgan fingerprint density at radius 3 is 1.98 bits per heavy atom. The first-order valence-corrected chi connectivity index (χ1v) is 37.1. The van der Waals surface area contributed by atoms with Crippen molar-refractivity contribution in [3.8, 4) is 34.1 Å². The van der Waals surface area contributed by atoms with Crippen LogP contribution in [0.2, 0.25) is 25.7 Å². The zero-order valence-electron chi connectivity index (χ0n) is 56.6. The van der Waals surface area contributed by atoms with Gasteiger partial charge in [0.25, 0.3) is 17.7 Å². The molecule has 0 radical (unpaired) electrons. The molecule has 0 fully saturated rings. The third-order valence-corrected chi connectivity index (χ3v) is 20.4. The summed E-state index contributed by atoms with van der Waals surface area (Å²) in [5.41, 5.74) is 16.1. The van der Waals surface area contributed by atoms with Gasteiger partial charge in [-0.05, 0) is 112 Å². The number of ether oxygens (including phenoxy) is 6. The number of aromatic nitrogens is 1. The standard InChI is InChI=1S/C75H82N10O13Si/c1-44(2)68(82-75(92)98-42-59-55-22-12-10-20-53(55)54-21-11-13-23-56(54)59)70(87)81-60(24-15-27-77-74(76)91)69(86)80-49-26-25-46-32-63-73(90)85(43-95-28-29-99(5,6)7)62-36-67(65(94-4)34-58(62)72(89)84(63)39-48(46)30-49)97-41-51-19-14-18-50(79-51)40-96-66-35-61-57(33-64(66)93-3)71(88)83-38-47-17-9-8-16-45(47)31-52(83)37-78-61/h8-14,16-23,25-26,30,33-37,44,52,59-60,63,68H,15,24,27-29,31-32,38-43H2,1-7H3,(H,80,86)(H,81,87)(H,82,92)(H3,76,77,91)/t52-,60-,63-,68-/m0/s1. The van der Waals surface area contributed by atoms with Crippen molar-refractivity contribution < 1.29 is 62.0 Å². The highest BCUT2D eigenvalue weighted by atomic mass is 28.3. The molecule has 23 nitrogen and oxygen atoms in total. The first kappa shape index (κ1) is 68.4. The molecular formula is C75H82N10O13Si. The van der Waals surface area contributed by atoms with E-state index in [1.165, 1.54) is 29.6 Å². The number of primary amides is 1. The first-order valence-electron chi connectivity index (χ1n) is 33.4. The number of carbonyl (C=O) groups is 7. The van der Waals surface area contributed by atoms with E-state index in [0.29, 0.717) is 65.0 Å². The summed E-state index contributed by atoms with van der Waals surface area (Å²) >= 11 is 0. The van der Waals surface area contributed by atoms with Crippen LogP contribution in [0.25, 0.3) is 11.1 Å². The number of amides is 8. The van der Waals surface area contributed by atoms with Crippen LogP contribution in [-0.2, 0) is 63.0 Å². The molecule has 0 saturated carbocycles. The van der Waals surface area contributed by atoms with Crippen LogP contribution in [0, 0.1) is 5.92 Å². The van der Waals surface area contributed by atoms with Crippen molar-refractivity contribution in [3.05, 3.63) is 189 Å². The minimum absolute atomic E-state index is 0.0113. The fourth-order valence-electron chi connectivity index (χ4n) is 13.3. The van der Waals surface area contributed by atoms with Gasteiger partial charge in [0.05, 0.1) is 54.2 Å². The Labute approximate surface area is 575 Å². The number of pyridine rings is 1. The number of anilines is 2. The molecule has 12 rings (SSSR count). The van der Waals surface area contributed by atoms with Crippen molar-refractivity contribution in [2.24, 2.45) is 16.6 Å². The molecule has 4 atom stereocenters. The lowest BCUT2D eigenvalue weighted by Crippen LogP contribution is -2.54. The number of nitrogens with one attached hydrogen (secondary N) is 4. The molecule has 6 aromatic carbocycles. The van der Waals surface area contributed by atoms with Gasteiger partial charge in [-0.15, -0.1) is 0 Å². The molecule has 7 aromatic rings. The highest BCUT2D eigenvalue weighted by Crippen LogP contribution is 2.46. The number of benzene rings is 6. The number of nitrogens with zero attached hydrogens (tertiary/aromatic N) is 5. The van der Waals surface area contributed by atoms with Gasteiger partial charge in [0, 0.05) is 70.7 Å². The van der Waals surface area contributed by atoms with E-state index in [0.717, 1.165) is 39.4 Å². The van der Waals surface area contributed by atoms with Gasteiger partial charge in [-0.3, -0.25) is 38.8 Å². The Kier molecular flexibility index (Phi) is 20.5. The van der Waals surface area contributed by atoms with Crippen LogP contribution in [0.4, 0.5) is 26.7 Å². The predicted octanol–water partition coefficient (Wildman–Crippen LogP) is 10.2. The summed E-state index contributed by atoms with van der Waals surface area (Å²) in [7, 11) is 1.42. The third-order valence-electron chi connectivity index (χ3n) is 18.7. The maximum absolute atomic E-state index is 15.2. The van der Waals surface area contributed by atoms with Crippen LogP contribution in [-0.4, -0.2) is 136 Å². The number of rotatable bonds is 25. The first-order chi connectivity index (χ1) is 47.7. The molecule has 6 N–H and O–H groups in total. The number of hydrogen-bond acceptors (Lipinski definition) is 15. The smallest absolute Gasteiger partial charge is 0.407 e. The number of aliphatic imine (C=N–C) groups is 1. The predicted molar refractivity (Wildman–Crippen MR) is 375 cm³/mol. The molecule has 1 aromatic heterocycles. The molecule has 0 unspecified atom stereocenters. The topological polar surface area (TPSA) is 284 Å². The van der Waals surface area contributed by atoms with Crippen molar-refractivity contribution in [2.45, 2.75) is 122 Å². The SMILES string of the molecule is COc1cc2c(cc1OCc1cccc(COc3cc4c(cc3OC)C(=O)N3Cc5cc(NC(=O)[C@H](CCCNC(N)=O)NC(=O)[C@@H](NC(=O)OCC6c7ccccc7-c7ccccc76)C(C)C)ccc5C[C@H]3C(=O)N4COCC[Si](C)(C)C)n1)N=C[C@@H]1Cc3ccccc3CN1C2=O. The number of hydrogen-bond donors (Lipinski definition) is 5. The van der Waals surface area contributed by atoms with Crippen LogP contribution in [0.5, 0.6) is 23.0 Å². The summed E-state index contributed by atoms with van der Waals surface area (Å²) in [4.78, 5) is 113. The Balaban J connectivity index is 0.731. The second-order valence-corrected chi connectivity index (χ2v) is 32.5. The zero-order valence-corrected chi connectivity index (χ0v) is 57.6. The number of urea groups is 1. The summed E-state index contributed by atoms with van der Waals surface area (Å²) in [5.74, 6) is -1.58. The van der Waals surface area contributed by atoms with Crippen LogP contribution >= 0.6 is 0 Å². The number of carbonyl (C=O) groups excluding carboxylic acids is 7. The third kappa shape index (κ3) is 15.3. The van der Waals surface area contributed by atoms with Crippen LogP contribution in [0.1, 0.15) is 98.1 Å². The number of fused-ring (bicyclic) bond motifs is 9. The lowest BCUT2D eigenvalue weighted by Gasteiger charge is -2.36. The molecule has 4 aliphatic heterocycles. The minimum atomic E-state index is -1.56. The molecule has 24 heteroatoms. The lowest BCUT2D eigenvalue weighted by molar-refractivity contribution is -0.128. The van der Waals surface area contributed by atoms with Crippen molar-refractivity contribution in [1.82, 2.24) is 30.7 Å². The van der Waals surface area contributed by atoms with E-state index in [1.54, 1.807) is 62.4 Å². The second kappa shape index (κ2) is 29.6. The summed E-state index contributed by atoms with van der Waals surface area (Å²) in [5, 5.41) is 11.0. The van der Waals surface area contributed by atoms with Gasteiger partial charge in [0.1, 0.15) is 44.7 Å². The van der Waals surface area contributed by atoms with Gasteiger partial charge in [0.2, 0.25) is 11.8 Å². The van der Waals surface area contributed by atoms with E-state index in [-0.39, 0.29) is 105 Å². The van der Waals surface area contributed by atoms with Gasteiger partial charge in [0.15, 0.2) is 23.0 Å². The Morgan fingerprint density at radius 1 is 0.667 bits per heavy atom. The summed E-state index contributed by atoms with van der Waals surface area (Å²) in [6.45, 7) is 11.1. The molecular weight excluding hydrogens is 1280 g/mol. The van der Waals surface area contributed by atoms with E-state index in [1.807, 2.05) is 90.0 Å². The second-order valence-electron chi connectivity index (χ2n) is 26.9. The van der Waals surface area contributed by atoms with Crippen LogP contribution in [0.15, 0.2) is 138 Å². The fourth-order valence-corrected chi connectivity index (χ4v) is 14.1. The average Bonchev–Trinajstić information content (AvgIpc) is 1.64. The molecule has 514 valence electrons. The maximum atomic E-state index is 15.2. The normalized spacial score (nSPS) is 16.4. The van der Waals surface area contributed by atoms with E-state index < -0.39 is 62.0 Å². The van der Waals surface area contributed by atoms with E-state index in [4.69, 9.17) is 44.1 Å². The van der Waals surface area contributed by atoms with E-state index in [9.17, 15) is 24.0 Å². The molecule has 8 amide bonds. The Hall–Kier alpha value is -10.6. The highest BCUT2D eigenvalue weighted by molar-refractivity contribution is 6.76. The Morgan fingerprint density at radius 2 is 1.30 bits per heavy atom. The van der Waals surface area contributed by atoms with Crippen molar-refractivity contribution >= 4 is 73.0 Å². The minimum Gasteiger partial charge on any atom is -0.493 e. The van der Waals surface area contributed by atoms with E-state index in [2.05, 4.69) is 47.0 Å². The van der Waals surface area contributed by atoms with E-state index >= 15 is 9.59 Å². The van der Waals surface area contributed by atoms with Crippen molar-refractivity contribution in [3.63, 3.8) is 0 Å². The lowest BCUT2D eigenvalue weighted by atomic mass is 9.92. The molecule has 5 aliphatic rings. The fraction of sp³-hybridized carbons (Fsp3) is 0.347. The molecule has 1 aliphatic carbocycles. The molecule has 0 bridgehead atoms. The van der Waals surface area contributed by atoms with Gasteiger partial charge < -0.3 is 65.2 Å². The van der Waals surface area contributed by atoms with Crippen LogP contribution < -0.4 is 50.8 Å². The Bertz CT molecular complexity index is 4260. The summed E-state index contributed by atoms with van der Waals surface area (Å²) < 4.78 is 36.6. The monoisotopic (exact) mass is 1360 g/mol. The van der Waals surface area contributed by atoms with Gasteiger partial charge in [-0.25, -0.2) is 9.59 Å². The number of alkyl carbamates (subject to hydrolysis) is 1. The number of methoxy groups -OCH3 is 2. The summed E-state index contributed by atoms with van der Waals surface area (Å²) in [6.07, 6.45) is 2.15. The quantitative estimate of drug-likeness (QED) is 0.0263. The average molecular weight is 1360 g/mol.